The second-order valence-electron chi connectivity index (χ2n) is 6.79. The Kier molecular flexibility index (Phi) is 4.61. The molecule has 3 fully saturated rings. The first kappa shape index (κ1) is 14.3. The van der Waals surface area contributed by atoms with Crippen LogP contribution in [0.4, 0.5) is 0 Å². The van der Waals surface area contributed by atoms with E-state index in [1.54, 1.807) is 0 Å². The fourth-order valence-corrected chi connectivity index (χ4v) is 3.64. The third-order valence-electron chi connectivity index (χ3n) is 5.10. The van der Waals surface area contributed by atoms with Gasteiger partial charge in [0, 0.05) is 19.1 Å². The summed E-state index contributed by atoms with van der Waals surface area (Å²) in [7, 11) is 0. The van der Waals surface area contributed by atoms with E-state index in [9.17, 15) is 4.79 Å². The van der Waals surface area contributed by atoms with E-state index in [0.717, 1.165) is 25.3 Å². The monoisotopic (exact) mass is 280 g/mol. The van der Waals surface area contributed by atoms with Crippen molar-refractivity contribution in [3.05, 3.63) is 0 Å². The van der Waals surface area contributed by atoms with Gasteiger partial charge < -0.3 is 15.4 Å². The van der Waals surface area contributed by atoms with Gasteiger partial charge in [-0.15, -0.1) is 0 Å². The molecule has 0 aromatic carbocycles. The number of rotatable bonds is 5. The fourth-order valence-electron chi connectivity index (χ4n) is 3.64. The molecule has 3 aliphatic rings. The largest absolute Gasteiger partial charge is 0.364 e. The van der Waals surface area contributed by atoms with Crippen molar-refractivity contribution in [2.75, 3.05) is 13.1 Å². The molecule has 1 amide bonds. The minimum absolute atomic E-state index is 0.0954. The summed E-state index contributed by atoms with van der Waals surface area (Å²) in [5.41, 5.74) is 5.66. The van der Waals surface area contributed by atoms with Crippen molar-refractivity contribution in [1.82, 2.24) is 4.90 Å². The lowest BCUT2D eigenvalue weighted by Gasteiger charge is -2.36. The molecule has 2 aliphatic carbocycles. The zero-order chi connectivity index (χ0) is 13.9. The van der Waals surface area contributed by atoms with Gasteiger partial charge in [-0.05, 0) is 44.4 Å². The second-order valence-corrected chi connectivity index (χ2v) is 6.79. The van der Waals surface area contributed by atoms with Crippen LogP contribution in [0.5, 0.6) is 0 Å². The number of amides is 1. The SMILES string of the molecule is NC[C@H]1CC[C@@H](C(=O)N(CC2CC2)C2CCCCC2)O1. The Morgan fingerprint density at radius 3 is 2.40 bits per heavy atom. The molecule has 0 spiro atoms. The maximum Gasteiger partial charge on any atom is 0.251 e. The molecular weight excluding hydrogens is 252 g/mol. The minimum atomic E-state index is -0.218. The molecule has 3 rings (SSSR count). The molecule has 0 aromatic rings. The first-order valence-electron chi connectivity index (χ1n) is 8.44. The highest BCUT2D eigenvalue weighted by Crippen LogP contribution is 2.34. The summed E-state index contributed by atoms with van der Waals surface area (Å²) < 4.78 is 5.83. The van der Waals surface area contributed by atoms with Gasteiger partial charge >= 0.3 is 0 Å². The Morgan fingerprint density at radius 2 is 1.80 bits per heavy atom. The van der Waals surface area contributed by atoms with Crippen LogP contribution >= 0.6 is 0 Å². The van der Waals surface area contributed by atoms with Gasteiger partial charge in [0.1, 0.15) is 6.10 Å². The number of carbonyl (C=O) groups is 1. The van der Waals surface area contributed by atoms with Gasteiger partial charge in [-0.1, -0.05) is 19.3 Å². The molecular formula is C16H28N2O2. The minimum Gasteiger partial charge on any atom is -0.364 e. The predicted octanol–water partition coefficient (Wildman–Crippen LogP) is 2.06. The van der Waals surface area contributed by atoms with Gasteiger partial charge in [-0.3, -0.25) is 4.79 Å². The lowest BCUT2D eigenvalue weighted by molar-refractivity contribution is -0.146. The van der Waals surface area contributed by atoms with E-state index in [1.807, 2.05) is 0 Å². The molecule has 2 atom stereocenters. The van der Waals surface area contributed by atoms with Gasteiger partial charge in [-0.2, -0.15) is 0 Å². The van der Waals surface area contributed by atoms with E-state index in [4.69, 9.17) is 10.5 Å². The van der Waals surface area contributed by atoms with Crippen LogP contribution in [0.25, 0.3) is 0 Å². The van der Waals surface area contributed by atoms with E-state index in [-0.39, 0.29) is 18.1 Å². The highest BCUT2D eigenvalue weighted by Gasteiger charge is 2.38. The maximum absolute atomic E-state index is 12.8. The van der Waals surface area contributed by atoms with Crippen molar-refractivity contribution in [1.29, 1.82) is 0 Å². The number of carbonyl (C=O) groups excluding carboxylic acids is 1. The summed E-state index contributed by atoms with van der Waals surface area (Å²) in [6.45, 7) is 1.51. The highest BCUT2D eigenvalue weighted by atomic mass is 16.5. The maximum atomic E-state index is 12.8. The van der Waals surface area contributed by atoms with Crippen molar-refractivity contribution in [3.8, 4) is 0 Å². The number of hydrogen-bond donors (Lipinski definition) is 1. The molecule has 0 bridgehead atoms. The van der Waals surface area contributed by atoms with Crippen LogP contribution in [-0.4, -0.2) is 42.1 Å². The Hall–Kier alpha value is -0.610. The summed E-state index contributed by atoms with van der Waals surface area (Å²) in [5.74, 6) is 1.01. The standard InChI is InChI=1S/C16H28N2O2/c17-10-14-8-9-15(20-14)16(19)18(11-12-6-7-12)13-4-2-1-3-5-13/h12-15H,1-11,17H2/t14-,15+/m1/s1. The van der Waals surface area contributed by atoms with Crippen molar-refractivity contribution in [2.24, 2.45) is 11.7 Å². The molecule has 4 nitrogen and oxygen atoms in total. The van der Waals surface area contributed by atoms with E-state index in [1.165, 1.54) is 44.9 Å². The highest BCUT2D eigenvalue weighted by molar-refractivity contribution is 5.81. The molecule has 114 valence electrons. The number of ether oxygens (including phenoxy) is 1. The first-order chi connectivity index (χ1) is 9.78. The quantitative estimate of drug-likeness (QED) is 0.838. The van der Waals surface area contributed by atoms with Crippen LogP contribution < -0.4 is 5.73 Å². The van der Waals surface area contributed by atoms with Crippen LogP contribution in [0, 0.1) is 5.92 Å². The third-order valence-corrected chi connectivity index (χ3v) is 5.10. The smallest absolute Gasteiger partial charge is 0.251 e. The predicted molar refractivity (Wildman–Crippen MR) is 78.3 cm³/mol. The van der Waals surface area contributed by atoms with Crippen LogP contribution in [0.2, 0.25) is 0 Å². The van der Waals surface area contributed by atoms with Crippen LogP contribution in [-0.2, 0) is 9.53 Å². The van der Waals surface area contributed by atoms with Crippen LogP contribution in [0.1, 0.15) is 57.8 Å². The van der Waals surface area contributed by atoms with Crippen molar-refractivity contribution < 1.29 is 9.53 Å². The van der Waals surface area contributed by atoms with Gasteiger partial charge in [0.05, 0.1) is 6.10 Å². The zero-order valence-electron chi connectivity index (χ0n) is 12.4. The van der Waals surface area contributed by atoms with Crippen molar-refractivity contribution in [2.45, 2.75) is 76.0 Å². The topological polar surface area (TPSA) is 55.6 Å². The number of hydrogen-bond acceptors (Lipinski definition) is 3. The summed E-state index contributed by atoms with van der Waals surface area (Å²) in [6, 6.07) is 0.470. The van der Waals surface area contributed by atoms with E-state index in [0.29, 0.717) is 12.6 Å². The van der Waals surface area contributed by atoms with Crippen molar-refractivity contribution >= 4 is 5.91 Å². The molecule has 0 radical (unpaired) electrons. The molecule has 1 aliphatic heterocycles. The zero-order valence-corrected chi connectivity index (χ0v) is 12.4. The summed E-state index contributed by atoms with van der Waals surface area (Å²) in [6.07, 6.45) is 10.5. The van der Waals surface area contributed by atoms with E-state index < -0.39 is 0 Å². The number of nitrogens with zero attached hydrogens (tertiary/aromatic N) is 1. The molecule has 1 saturated heterocycles. The summed E-state index contributed by atoms with van der Waals surface area (Å²) in [5, 5.41) is 0. The van der Waals surface area contributed by atoms with Gasteiger partial charge in [0.25, 0.3) is 5.91 Å². The van der Waals surface area contributed by atoms with Gasteiger partial charge in [0.2, 0.25) is 0 Å². The number of nitrogens with two attached hydrogens (primary N) is 1. The molecule has 2 N–H and O–H groups in total. The Balaban J connectivity index is 1.62. The second kappa shape index (κ2) is 6.44. The summed E-state index contributed by atoms with van der Waals surface area (Å²) >= 11 is 0. The van der Waals surface area contributed by atoms with E-state index >= 15 is 0 Å². The first-order valence-corrected chi connectivity index (χ1v) is 8.44. The fraction of sp³-hybridized carbons (Fsp3) is 0.938. The van der Waals surface area contributed by atoms with Crippen LogP contribution in [0.3, 0.4) is 0 Å². The van der Waals surface area contributed by atoms with Crippen LogP contribution in [0.15, 0.2) is 0 Å². The molecule has 0 unspecified atom stereocenters. The normalized spacial score (nSPS) is 31.4. The average Bonchev–Trinajstić information content (AvgIpc) is 3.19. The molecule has 4 heteroatoms. The lowest BCUT2D eigenvalue weighted by Crippen LogP contribution is -2.47. The molecule has 0 aromatic heterocycles. The molecule has 1 heterocycles. The lowest BCUT2D eigenvalue weighted by atomic mass is 9.93. The van der Waals surface area contributed by atoms with Gasteiger partial charge in [-0.25, -0.2) is 0 Å². The Morgan fingerprint density at radius 1 is 1.05 bits per heavy atom. The third kappa shape index (κ3) is 3.34. The molecule has 2 saturated carbocycles. The van der Waals surface area contributed by atoms with Crippen molar-refractivity contribution in [3.63, 3.8) is 0 Å². The Bertz CT molecular complexity index is 337. The average molecular weight is 280 g/mol. The molecule has 20 heavy (non-hydrogen) atoms. The van der Waals surface area contributed by atoms with Gasteiger partial charge in [0.15, 0.2) is 0 Å². The summed E-state index contributed by atoms with van der Waals surface area (Å²) in [4.78, 5) is 15.0. The Labute approximate surface area is 122 Å². The van der Waals surface area contributed by atoms with E-state index in [2.05, 4.69) is 4.90 Å².